The molecule has 5 nitrogen and oxygen atoms in total. The van der Waals surface area contributed by atoms with Gasteiger partial charge in [0.2, 0.25) is 5.88 Å². The molecule has 1 aromatic rings. The molecule has 2 aliphatic rings. The van der Waals surface area contributed by atoms with E-state index < -0.39 is 0 Å². The summed E-state index contributed by atoms with van der Waals surface area (Å²) in [6.07, 6.45) is 5.93. The number of rotatable bonds is 3. The molecule has 1 atom stereocenters. The fraction of sp³-hybridized carbons (Fsp3) is 0.600. The number of nitrogens with one attached hydrogen (secondary N) is 1. The first-order valence-corrected chi connectivity index (χ1v) is 7.12. The molecule has 5 heteroatoms. The number of methoxy groups -OCH3 is 1. The largest absolute Gasteiger partial charge is 0.481 e. The molecule has 1 saturated heterocycles. The normalized spacial score (nSPS) is 23.9. The van der Waals surface area contributed by atoms with Gasteiger partial charge >= 0.3 is 0 Å². The number of aromatic nitrogens is 1. The van der Waals surface area contributed by atoms with Crippen molar-refractivity contribution in [3.05, 3.63) is 23.9 Å². The van der Waals surface area contributed by atoms with Crippen molar-refractivity contribution < 1.29 is 14.3 Å². The monoisotopic (exact) mass is 276 g/mol. The second-order valence-corrected chi connectivity index (χ2v) is 5.63. The minimum absolute atomic E-state index is 0.0456. The fourth-order valence-corrected chi connectivity index (χ4v) is 3.18. The molecule has 1 saturated carbocycles. The van der Waals surface area contributed by atoms with Gasteiger partial charge in [-0.15, -0.1) is 0 Å². The summed E-state index contributed by atoms with van der Waals surface area (Å²) in [7, 11) is 1.56. The topological polar surface area (TPSA) is 60.5 Å². The van der Waals surface area contributed by atoms with Crippen LogP contribution in [0, 0.1) is 5.41 Å². The zero-order valence-electron chi connectivity index (χ0n) is 11.7. The molecule has 1 N–H and O–H groups in total. The van der Waals surface area contributed by atoms with E-state index in [2.05, 4.69) is 10.3 Å². The van der Waals surface area contributed by atoms with E-state index in [1.165, 1.54) is 6.42 Å². The van der Waals surface area contributed by atoms with E-state index in [1.807, 2.05) is 0 Å². The van der Waals surface area contributed by atoms with Gasteiger partial charge in [0.15, 0.2) is 0 Å². The maximum absolute atomic E-state index is 12.3. The van der Waals surface area contributed by atoms with Gasteiger partial charge in [-0.2, -0.15) is 0 Å². The SMILES string of the molecule is COc1ccc(C(=O)N[C@H]2CCC23CCOCC3)cn1. The maximum Gasteiger partial charge on any atom is 0.253 e. The molecule has 3 rings (SSSR count). The van der Waals surface area contributed by atoms with E-state index in [4.69, 9.17) is 9.47 Å². The number of carbonyl (C=O) groups is 1. The Bertz CT molecular complexity index is 480. The Balaban J connectivity index is 1.63. The molecule has 0 bridgehead atoms. The predicted molar refractivity (Wildman–Crippen MR) is 73.8 cm³/mol. The summed E-state index contributed by atoms with van der Waals surface area (Å²) in [5, 5.41) is 3.16. The predicted octanol–water partition coefficient (Wildman–Crippen LogP) is 1.78. The highest BCUT2D eigenvalue weighted by molar-refractivity contribution is 5.94. The molecule has 1 spiro atoms. The molecular weight excluding hydrogens is 256 g/mol. The first kappa shape index (κ1) is 13.4. The summed E-state index contributed by atoms with van der Waals surface area (Å²) >= 11 is 0. The lowest BCUT2D eigenvalue weighted by atomic mass is 9.60. The zero-order chi connectivity index (χ0) is 14.0. The maximum atomic E-state index is 12.3. The Hall–Kier alpha value is -1.62. The summed E-state index contributed by atoms with van der Waals surface area (Å²) in [6, 6.07) is 3.73. The Morgan fingerprint density at radius 3 is 2.75 bits per heavy atom. The van der Waals surface area contributed by atoms with Gasteiger partial charge in [-0.25, -0.2) is 4.98 Å². The number of pyridine rings is 1. The van der Waals surface area contributed by atoms with Crippen molar-refractivity contribution in [1.82, 2.24) is 10.3 Å². The Morgan fingerprint density at radius 1 is 1.40 bits per heavy atom. The summed E-state index contributed by atoms with van der Waals surface area (Å²) < 4.78 is 10.4. The van der Waals surface area contributed by atoms with Crippen molar-refractivity contribution >= 4 is 5.91 Å². The molecule has 2 fully saturated rings. The van der Waals surface area contributed by atoms with Crippen LogP contribution in [-0.2, 0) is 4.74 Å². The van der Waals surface area contributed by atoms with Crippen LogP contribution in [0.15, 0.2) is 18.3 Å². The molecule has 0 radical (unpaired) electrons. The molecular formula is C15H20N2O3. The van der Waals surface area contributed by atoms with Crippen LogP contribution in [0.2, 0.25) is 0 Å². The van der Waals surface area contributed by atoms with Crippen LogP contribution >= 0.6 is 0 Å². The smallest absolute Gasteiger partial charge is 0.253 e. The van der Waals surface area contributed by atoms with Gasteiger partial charge in [-0.1, -0.05) is 0 Å². The molecule has 1 amide bonds. The highest BCUT2D eigenvalue weighted by Gasteiger charge is 2.47. The average molecular weight is 276 g/mol. The second-order valence-electron chi connectivity index (χ2n) is 5.63. The van der Waals surface area contributed by atoms with E-state index in [0.29, 0.717) is 11.4 Å². The number of hydrogen-bond donors (Lipinski definition) is 1. The average Bonchev–Trinajstić information content (AvgIpc) is 2.52. The van der Waals surface area contributed by atoms with Crippen LogP contribution in [0.5, 0.6) is 5.88 Å². The van der Waals surface area contributed by atoms with Gasteiger partial charge in [0.25, 0.3) is 5.91 Å². The molecule has 1 aromatic heterocycles. The minimum Gasteiger partial charge on any atom is -0.481 e. The Labute approximate surface area is 118 Å². The van der Waals surface area contributed by atoms with E-state index in [-0.39, 0.29) is 17.4 Å². The number of hydrogen-bond acceptors (Lipinski definition) is 4. The summed E-state index contributed by atoms with van der Waals surface area (Å²) in [5.41, 5.74) is 0.855. The van der Waals surface area contributed by atoms with E-state index in [1.54, 1.807) is 25.4 Å². The lowest BCUT2D eigenvalue weighted by Crippen LogP contribution is -2.57. The minimum atomic E-state index is -0.0456. The van der Waals surface area contributed by atoms with Crippen molar-refractivity contribution in [2.24, 2.45) is 5.41 Å². The molecule has 1 aliphatic heterocycles. The summed E-state index contributed by atoms with van der Waals surface area (Å²) in [6.45, 7) is 1.63. The van der Waals surface area contributed by atoms with Crippen LogP contribution in [-0.4, -0.2) is 37.3 Å². The third-order valence-corrected chi connectivity index (χ3v) is 4.67. The molecule has 0 unspecified atom stereocenters. The van der Waals surface area contributed by atoms with Gasteiger partial charge in [-0.05, 0) is 37.2 Å². The fourth-order valence-electron chi connectivity index (χ4n) is 3.18. The van der Waals surface area contributed by atoms with Gasteiger partial charge < -0.3 is 14.8 Å². The Kier molecular flexibility index (Phi) is 3.61. The molecule has 108 valence electrons. The number of amides is 1. The van der Waals surface area contributed by atoms with Crippen molar-refractivity contribution in [2.75, 3.05) is 20.3 Å². The molecule has 0 aromatic carbocycles. The number of nitrogens with zero attached hydrogens (tertiary/aromatic N) is 1. The Morgan fingerprint density at radius 2 is 2.20 bits per heavy atom. The van der Waals surface area contributed by atoms with Crippen molar-refractivity contribution in [1.29, 1.82) is 0 Å². The summed E-state index contributed by atoms with van der Waals surface area (Å²) in [4.78, 5) is 16.3. The zero-order valence-corrected chi connectivity index (χ0v) is 11.7. The second kappa shape index (κ2) is 5.40. The first-order chi connectivity index (χ1) is 9.73. The molecule has 20 heavy (non-hydrogen) atoms. The van der Waals surface area contributed by atoms with Crippen LogP contribution in [0.1, 0.15) is 36.0 Å². The van der Waals surface area contributed by atoms with Crippen LogP contribution in [0.25, 0.3) is 0 Å². The summed E-state index contributed by atoms with van der Waals surface area (Å²) in [5.74, 6) is 0.474. The third-order valence-electron chi connectivity index (χ3n) is 4.67. The van der Waals surface area contributed by atoms with Crippen LogP contribution < -0.4 is 10.1 Å². The number of carbonyl (C=O) groups excluding carboxylic acids is 1. The first-order valence-electron chi connectivity index (χ1n) is 7.12. The van der Waals surface area contributed by atoms with Gasteiger partial charge in [0, 0.05) is 31.5 Å². The van der Waals surface area contributed by atoms with Gasteiger partial charge in [-0.3, -0.25) is 4.79 Å². The van der Waals surface area contributed by atoms with E-state index in [0.717, 1.165) is 32.5 Å². The van der Waals surface area contributed by atoms with Crippen LogP contribution in [0.3, 0.4) is 0 Å². The van der Waals surface area contributed by atoms with E-state index >= 15 is 0 Å². The molecule has 1 aliphatic carbocycles. The van der Waals surface area contributed by atoms with E-state index in [9.17, 15) is 4.79 Å². The third kappa shape index (κ3) is 2.38. The quantitative estimate of drug-likeness (QED) is 0.914. The lowest BCUT2D eigenvalue weighted by molar-refractivity contribution is -0.0523. The van der Waals surface area contributed by atoms with Crippen molar-refractivity contribution in [3.8, 4) is 5.88 Å². The van der Waals surface area contributed by atoms with Crippen molar-refractivity contribution in [2.45, 2.75) is 31.7 Å². The van der Waals surface area contributed by atoms with Crippen LogP contribution in [0.4, 0.5) is 0 Å². The van der Waals surface area contributed by atoms with Crippen molar-refractivity contribution in [3.63, 3.8) is 0 Å². The lowest BCUT2D eigenvalue weighted by Gasteiger charge is -2.52. The number of ether oxygens (including phenoxy) is 2. The standard InChI is InChI=1S/C15H20N2O3/c1-19-13-3-2-11(10-16-13)14(18)17-12-4-5-15(12)6-8-20-9-7-15/h2-3,10,12H,4-9H2,1H3,(H,17,18)/t12-/m0/s1. The van der Waals surface area contributed by atoms with Gasteiger partial charge in [0.05, 0.1) is 12.7 Å². The van der Waals surface area contributed by atoms with Gasteiger partial charge in [0.1, 0.15) is 0 Å². The molecule has 2 heterocycles. The highest BCUT2D eigenvalue weighted by atomic mass is 16.5. The highest BCUT2D eigenvalue weighted by Crippen LogP contribution is 2.48.